The van der Waals surface area contributed by atoms with Crippen LogP contribution in [0.2, 0.25) is 0 Å². The Morgan fingerprint density at radius 2 is 1.77 bits per heavy atom. The lowest BCUT2D eigenvalue weighted by Crippen LogP contribution is -2.42. The molecule has 1 amide bonds. The zero-order valence-corrected chi connectivity index (χ0v) is 22.0. The van der Waals surface area contributed by atoms with E-state index in [0.717, 1.165) is 56.4 Å². The number of ether oxygens (including phenoxy) is 3. The van der Waals surface area contributed by atoms with Crippen LogP contribution in [0.4, 0.5) is 10.5 Å². The lowest BCUT2D eigenvalue weighted by Gasteiger charge is -2.34. The van der Waals surface area contributed by atoms with Crippen molar-refractivity contribution >= 4 is 11.8 Å². The minimum Gasteiger partial charge on any atom is -0.490 e. The smallest absolute Gasteiger partial charge is 0.410 e. The monoisotopic (exact) mass is 487 g/mol. The van der Waals surface area contributed by atoms with Gasteiger partial charge in [0, 0.05) is 32.3 Å². The van der Waals surface area contributed by atoms with Crippen molar-refractivity contribution in [2.24, 2.45) is 5.92 Å². The number of nitrogens with zero attached hydrogens (tertiary/aromatic N) is 3. The fourth-order valence-electron chi connectivity index (χ4n) is 5.53. The van der Waals surface area contributed by atoms with Gasteiger partial charge in [-0.15, -0.1) is 0 Å². The van der Waals surface area contributed by atoms with Crippen LogP contribution in [0, 0.1) is 5.92 Å². The summed E-state index contributed by atoms with van der Waals surface area (Å²) in [5.74, 6) is 1.52. The molecule has 196 valence electrons. The summed E-state index contributed by atoms with van der Waals surface area (Å²) in [6, 6.07) is 2.13. The van der Waals surface area contributed by atoms with Gasteiger partial charge in [-0.2, -0.15) is 0 Å². The molecule has 1 aromatic rings. The van der Waals surface area contributed by atoms with Gasteiger partial charge >= 0.3 is 6.09 Å². The SMILES string of the molecule is CC(C)(C)OC(=O)N1CCC[C@H]1COc1cncc(N2CCC(CCOC3CCCCC3)CC2)c1. The molecule has 2 aliphatic heterocycles. The van der Waals surface area contributed by atoms with Gasteiger partial charge in [-0.25, -0.2) is 4.79 Å². The Hall–Kier alpha value is -2.02. The second kappa shape index (κ2) is 12.3. The summed E-state index contributed by atoms with van der Waals surface area (Å²) in [4.78, 5) is 21.2. The molecular weight excluding hydrogens is 442 g/mol. The number of hydrogen-bond acceptors (Lipinski definition) is 6. The van der Waals surface area contributed by atoms with Crippen LogP contribution in [-0.4, -0.2) is 66.6 Å². The molecule has 7 heteroatoms. The van der Waals surface area contributed by atoms with Gasteiger partial charge in [0.1, 0.15) is 18.0 Å². The number of aromatic nitrogens is 1. The van der Waals surface area contributed by atoms with Crippen molar-refractivity contribution < 1.29 is 19.0 Å². The topological polar surface area (TPSA) is 64.1 Å². The van der Waals surface area contributed by atoms with Gasteiger partial charge in [0.15, 0.2) is 0 Å². The van der Waals surface area contributed by atoms with Crippen LogP contribution < -0.4 is 9.64 Å². The van der Waals surface area contributed by atoms with Gasteiger partial charge in [0.05, 0.1) is 30.2 Å². The Morgan fingerprint density at radius 1 is 1.00 bits per heavy atom. The zero-order valence-electron chi connectivity index (χ0n) is 22.0. The van der Waals surface area contributed by atoms with E-state index < -0.39 is 5.60 Å². The molecule has 1 atom stereocenters. The summed E-state index contributed by atoms with van der Waals surface area (Å²) in [6.07, 6.45) is 16.0. The number of likely N-dealkylation sites (tertiary alicyclic amines) is 1. The van der Waals surface area contributed by atoms with Gasteiger partial charge in [-0.1, -0.05) is 19.3 Å². The van der Waals surface area contributed by atoms with E-state index in [1.54, 1.807) is 6.20 Å². The summed E-state index contributed by atoms with van der Waals surface area (Å²) < 4.78 is 17.8. The summed E-state index contributed by atoms with van der Waals surface area (Å²) in [7, 11) is 0. The summed E-state index contributed by atoms with van der Waals surface area (Å²) in [5.41, 5.74) is 0.633. The van der Waals surface area contributed by atoms with E-state index in [4.69, 9.17) is 14.2 Å². The average Bonchev–Trinajstić information content (AvgIpc) is 3.32. The normalized spacial score (nSPS) is 22.4. The lowest BCUT2D eigenvalue weighted by molar-refractivity contribution is 0.0186. The molecule has 0 bridgehead atoms. The molecule has 0 N–H and O–H groups in total. The summed E-state index contributed by atoms with van der Waals surface area (Å²) in [5, 5.41) is 0. The minimum atomic E-state index is -0.487. The number of rotatable bonds is 8. The first-order valence-corrected chi connectivity index (χ1v) is 13.8. The first-order valence-electron chi connectivity index (χ1n) is 13.8. The molecule has 1 aliphatic carbocycles. The molecule has 0 aromatic carbocycles. The molecule has 3 heterocycles. The summed E-state index contributed by atoms with van der Waals surface area (Å²) >= 11 is 0. The highest BCUT2D eigenvalue weighted by molar-refractivity contribution is 5.69. The Kier molecular flexibility index (Phi) is 9.15. The lowest BCUT2D eigenvalue weighted by atomic mass is 9.93. The third-order valence-electron chi connectivity index (χ3n) is 7.56. The third-order valence-corrected chi connectivity index (χ3v) is 7.56. The molecule has 0 spiro atoms. The number of carbonyl (C=O) groups is 1. The molecule has 1 saturated carbocycles. The van der Waals surface area contributed by atoms with Crippen LogP contribution in [0.15, 0.2) is 18.5 Å². The van der Waals surface area contributed by atoms with E-state index in [9.17, 15) is 4.79 Å². The first kappa shape index (κ1) is 26.1. The number of piperidine rings is 1. The number of hydrogen-bond donors (Lipinski definition) is 0. The summed E-state index contributed by atoms with van der Waals surface area (Å²) in [6.45, 7) is 9.91. The van der Waals surface area contributed by atoms with Crippen LogP contribution in [0.3, 0.4) is 0 Å². The van der Waals surface area contributed by atoms with Crippen molar-refractivity contribution in [3.8, 4) is 5.75 Å². The van der Waals surface area contributed by atoms with E-state index in [1.165, 1.54) is 51.4 Å². The number of pyridine rings is 1. The maximum Gasteiger partial charge on any atom is 0.410 e. The van der Waals surface area contributed by atoms with Crippen molar-refractivity contribution in [3.63, 3.8) is 0 Å². The highest BCUT2D eigenvalue weighted by atomic mass is 16.6. The largest absolute Gasteiger partial charge is 0.490 e. The molecule has 3 aliphatic rings. The quantitative estimate of drug-likeness (QED) is 0.461. The number of amides is 1. The van der Waals surface area contributed by atoms with Gasteiger partial charge < -0.3 is 24.0 Å². The molecule has 2 saturated heterocycles. The second-order valence-corrected chi connectivity index (χ2v) is 11.5. The molecule has 0 unspecified atom stereocenters. The van der Waals surface area contributed by atoms with Crippen molar-refractivity contribution in [2.75, 3.05) is 37.7 Å². The highest BCUT2D eigenvalue weighted by Gasteiger charge is 2.32. The van der Waals surface area contributed by atoms with Crippen molar-refractivity contribution in [1.29, 1.82) is 0 Å². The van der Waals surface area contributed by atoms with Crippen molar-refractivity contribution in [3.05, 3.63) is 18.5 Å². The highest BCUT2D eigenvalue weighted by Crippen LogP contribution is 2.28. The van der Waals surface area contributed by atoms with Gasteiger partial charge in [0.2, 0.25) is 0 Å². The number of anilines is 1. The average molecular weight is 488 g/mol. The van der Waals surface area contributed by atoms with E-state index in [0.29, 0.717) is 12.7 Å². The molecule has 35 heavy (non-hydrogen) atoms. The van der Waals surface area contributed by atoms with Crippen LogP contribution in [0.1, 0.15) is 85.0 Å². The molecule has 7 nitrogen and oxygen atoms in total. The molecule has 3 fully saturated rings. The molecule has 4 rings (SSSR count). The first-order chi connectivity index (χ1) is 16.9. The number of carbonyl (C=O) groups excluding carboxylic acids is 1. The fourth-order valence-corrected chi connectivity index (χ4v) is 5.53. The zero-order chi connectivity index (χ0) is 24.7. The van der Waals surface area contributed by atoms with Crippen LogP contribution >= 0.6 is 0 Å². The second-order valence-electron chi connectivity index (χ2n) is 11.5. The molecule has 0 radical (unpaired) electrons. The van der Waals surface area contributed by atoms with Crippen molar-refractivity contribution in [2.45, 2.75) is 103 Å². The van der Waals surface area contributed by atoms with E-state index in [1.807, 2.05) is 31.9 Å². The van der Waals surface area contributed by atoms with Gasteiger partial charge in [-0.3, -0.25) is 4.98 Å². The maximum atomic E-state index is 12.5. The van der Waals surface area contributed by atoms with Crippen molar-refractivity contribution in [1.82, 2.24) is 9.88 Å². The Labute approximate surface area is 211 Å². The van der Waals surface area contributed by atoms with E-state index in [2.05, 4.69) is 16.0 Å². The molecule has 1 aromatic heterocycles. The van der Waals surface area contributed by atoms with Crippen LogP contribution in [-0.2, 0) is 9.47 Å². The Bertz CT molecular complexity index is 798. The minimum absolute atomic E-state index is 0.0417. The fraction of sp³-hybridized carbons (Fsp3) is 0.786. The standard InChI is InChI=1S/C28H45N3O4/c1-28(2,3)35-27(32)31-14-7-8-23(31)21-34-26-18-24(19-29-20-26)30-15-11-22(12-16-30)13-17-33-25-9-5-4-6-10-25/h18-20,22-23,25H,4-17,21H2,1-3H3/t23-/m0/s1. The Balaban J connectivity index is 1.20. The van der Waals surface area contributed by atoms with E-state index in [-0.39, 0.29) is 12.1 Å². The van der Waals surface area contributed by atoms with E-state index >= 15 is 0 Å². The predicted molar refractivity (Wildman–Crippen MR) is 138 cm³/mol. The third kappa shape index (κ3) is 7.99. The molecular formula is C28H45N3O4. The maximum absolute atomic E-state index is 12.5. The van der Waals surface area contributed by atoms with Crippen LogP contribution in [0.25, 0.3) is 0 Å². The Morgan fingerprint density at radius 3 is 2.51 bits per heavy atom. The predicted octanol–water partition coefficient (Wildman–Crippen LogP) is 5.82. The van der Waals surface area contributed by atoms with Crippen LogP contribution in [0.5, 0.6) is 5.75 Å². The van der Waals surface area contributed by atoms with Gasteiger partial charge in [0.25, 0.3) is 0 Å². The van der Waals surface area contributed by atoms with Gasteiger partial charge in [-0.05, 0) is 71.6 Å².